The zero-order chi connectivity index (χ0) is 34.3. The van der Waals surface area contributed by atoms with Gasteiger partial charge in [-0.3, -0.25) is 4.79 Å². The summed E-state index contributed by atoms with van der Waals surface area (Å²) in [6.45, 7) is 4.26. The molecule has 2 unspecified atom stereocenters. The molecule has 0 rings (SSSR count). The van der Waals surface area contributed by atoms with Crippen LogP contribution in [0.1, 0.15) is 200 Å². The van der Waals surface area contributed by atoms with Gasteiger partial charge in [-0.1, -0.05) is 178 Å². The molecule has 0 aromatic rings. The Hall–Kier alpha value is -1.65. The number of nitrogens with one attached hydrogen (secondary N) is 1. The van der Waals surface area contributed by atoms with Gasteiger partial charge in [0.1, 0.15) is 0 Å². The van der Waals surface area contributed by atoms with Crippen molar-refractivity contribution in [2.24, 2.45) is 0 Å². The maximum atomic E-state index is 12.3. The van der Waals surface area contributed by atoms with Gasteiger partial charge in [0.25, 0.3) is 0 Å². The van der Waals surface area contributed by atoms with Crippen LogP contribution in [0.25, 0.3) is 0 Å². The first-order valence-electron chi connectivity index (χ1n) is 20.4. The fourth-order valence-corrected chi connectivity index (χ4v) is 5.87. The lowest BCUT2D eigenvalue weighted by Crippen LogP contribution is -2.45. The van der Waals surface area contributed by atoms with Gasteiger partial charge in [0.05, 0.1) is 18.8 Å². The molecule has 0 heterocycles. The van der Waals surface area contributed by atoms with E-state index < -0.39 is 12.1 Å². The molecular formula is C43H79NO3. The number of unbranched alkanes of at least 4 members (excludes halogenated alkanes) is 23. The molecule has 0 aromatic heterocycles. The molecule has 1 amide bonds. The molecule has 4 nitrogen and oxygen atoms in total. The summed E-state index contributed by atoms with van der Waals surface area (Å²) in [6, 6.07) is -0.640. The lowest BCUT2D eigenvalue weighted by atomic mass is 10.1. The van der Waals surface area contributed by atoms with Crippen LogP contribution in [0.15, 0.2) is 48.6 Å². The molecule has 0 fully saturated rings. The summed E-state index contributed by atoms with van der Waals surface area (Å²) in [5, 5.41) is 22.9. The lowest BCUT2D eigenvalue weighted by Gasteiger charge is -2.19. The third kappa shape index (κ3) is 35.5. The molecule has 274 valence electrons. The molecule has 0 aromatic carbocycles. The van der Waals surface area contributed by atoms with E-state index in [9.17, 15) is 15.0 Å². The van der Waals surface area contributed by atoms with Crippen LogP contribution in [0.4, 0.5) is 0 Å². The number of allylic oxidation sites excluding steroid dienone is 7. The summed E-state index contributed by atoms with van der Waals surface area (Å²) in [5.74, 6) is -0.0801. The van der Waals surface area contributed by atoms with Gasteiger partial charge in [-0.05, 0) is 64.2 Å². The van der Waals surface area contributed by atoms with E-state index in [1.54, 1.807) is 6.08 Å². The van der Waals surface area contributed by atoms with Gasteiger partial charge >= 0.3 is 0 Å². The van der Waals surface area contributed by atoms with Crippen LogP contribution in [0, 0.1) is 0 Å². The van der Waals surface area contributed by atoms with E-state index in [0.29, 0.717) is 6.42 Å². The topological polar surface area (TPSA) is 69.6 Å². The maximum absolute atomic E-state index is 12.3. The lowest BCUT2D eigenvalue weighted by molar-refractivity contribution is -0.123. The van der Waals surface area contributed by atoms with Gasteiger partial charge in [-0.15, -0.1) is 0 Å². The molecule has 4 heteroatoms. The van der Waals surface area contributed by atoms with E-state index in [-0.39, 0.29) is 12.5 Å². The fraction of sp³-hybridized carbons (Fsp3) is 0.791. The Bertz CT molecular complexity index is 756. The summed E-state index contributed by atoms with van der Waals surface area (Å²) < 4.78 is 0. The number of aliphatic hydroxyl groups excluding tert-OH is 2. The third-order valence-electron chi connectivity index (χ3n) is 9.03. The minimum atomic E-state index is -0.863. The first kappa shape index (κ1) is 45.3. The predicted molar refractivity (Wildman–Crippen MR) is 207 cm³/mol. The van der Waals surface area contributed by atoms with Gasteiger partial charge in [0.15, 0.2) is 0 Å². The number of amides is 1. The number of carbonyl (C=O) groups is 1. The smallest absolute Gasteiger partial charge is 0.220 e. The van der Waals surface area contributed by atoms with E-state index in [2.05, 4.69) is 55.6 Å². The molecule has 2 atom stereocenters. The molecule has 47 heavy (non-hydrogen) atoms. The summed E-state index contributed by atoms with van der Waals surface area (Å²) >= 11 is 0. The second-order valence-electron chi connectivity index (χ2n) is 13.7. The Labute approximate surface area is 293 Å². The van der Waals surface area contributed by atoms with Gasteiger partial charge in [0.2, 0.25) is 5.91 Å². The van der Waals surface area contributed by atoms with E-state index in [0.717, 1.165) is 38.5 Å². The van der Waals surface area contributed by atoms with Crippen molar-refractivity contribution in [3.05, 3.63) is 48.6 Å². The van der Waals surface area contributed by atoms with Crippen molar-refractivity contribution in [2.75, 3.05) is 6.61 Å². The Balaban J connectivity index is 3.65. The SMILES string of the molecule is CCCCC/C=C\C/C=C\CCCCCCCCCCCC(=O)NC(CO)C(O)/C=C/CC/C=C/CCCCCCCCCCCC. The molecule has 0 aliphatic heterocycles. The highest BCUT2D eigenvalue weighted by Gasteiger charge is 2.17. The van der Waals surface area contributed by atoms with Crippen LogP contribution in [0.2, 0.25) is 0 Å². The van der Waals surface area contributed by atoms with Crippen molar-refractivity contribution in [3.63, 3.8) is 0 Å². The zero-order valence-corrected chi connectivity index (χ0v) is 31.3. The molecule has 0 aliphatic carbocycles. The highest BCUT2D eigenvalue weighted by molar-refractivity contribution is 5.76. The van der Waals surface area contributed by atoms with E-state index in [4.69, 9.17) is 0 Å². The summed E-state index contributed by atoms with van der Waals surface area (Å²) in [7, 11) is 0. The monoisotopic (exact) mass is 658 g/mol. The Morgan fingerprint density at radius 3 is 1.40 bits per heavy atom. The quantitative estimate of drug-likeness (QED) is 0.0464. The molecule has 0 saturated carbocycles. The summed E-state index contributed by atoms with van der Waals surface area (Å²) in [5.41, 5.74) is 0. The third-order valence-corrected chi connectivity index (χ3v) is 9.03. The van der Waals surface area contributed by atoms with Crippen LogP contribution >= 0.6 is 0 Å². The normalized spacial score (nSPS) is 13.5. The minimum absolute atomic E-state index is 0.0801. The molecule has 0 spiro atoms. The van der Waals surface area contributed by atoms with Crippen molar-refractivity contribution in [3.8, 4) is 0 Å². The van der Waals surface area contributed by atoms with Crippen LogP contribution < -0.4 is 5.32 Å². The van der Waals surface area contributed by atoms with Crippen LogP contribution in [0.5, 0.6) is 0 Å². The molecule has 0 bridgehead atoms. The number of hydrogen-bond donors (Lipinski definition) is 3. The van der Waals surface area contributed by atoms with E-state index in [1.165, 1.54) is 141 Å². The highest BCUT2D eigenvalue weighted by atomic mass is 16.3. The zero-order valence-electron chi connectivity index (χ0n) is 31.3. The Kier molecular flexibility index (Phi) is 37.4. The predicted octanol–water partition coefficient (Wildman–Crippen LogP) is 12.4. The Morgan fingerprint density at radius 1 is 0.511 bits per heavy atom. The van der Waals surface area contributed by atoms with Crippen molar-refractivity contribution in [2.45, 2.75) is 212 Å². The van der Waals surface area contributed by atoms with Crippen LogP contribution in [0.3, 0.4) is 0 Å². The minimum Gasteiger partial charge on any atom is -0.394 e. The number of carbonyl (C=O) groups excluding carboxylic acids is 1. The van der Waals surface area contributed by atoms with Crippen molar-refractivity contribution in [1.29, 1.82) is 0 Å². The Morgan fingerprint density at radius 2 is 0.894 bits per heavy atom. The van der Waals surface area contributed by atoms with E-state index in [1.807, 2.05) is 6.08 Å². The first-order chi connectivity index (χ1) is 23.2. The molecule has 0 radical (unpaired) electrons. The average Bonchev–Trinajstić information content (AvgIpc) is 3.07. The molecule has 3 N–H and O–H groups in total. The summed E-state index contributed by atoms with van der Waals surface area (Å²) in [6.07, 6.45) is 52.0. The number of hydrogen-bond acceptors (Lipinski definition) is 3. The molecule has 0 saturated heterocycles. The van der Waals surface area contributed by atoms with Crippen molar-refractivity contribution < 1.29 is 15.0 Å². The van der Waals surface area contributed by atoms with Crippen molar-refractivity contribution >= 4 is 5.91 Å². The average molecular weight is 658 g/mol. The second-order valence-corrected chi connectivity index (χ2v) is 13.7. The van der Waals surface area contributed by atoms with E-state index >= 15 is 0 Å². The second kappa shape index (κ2) is 38.8. The maximum Gasteiger partial charge on any atom is 0.220 e. The van der Waals surface area contributed by atoms with Gasteiger partial charge in [0, 0.05) is 6.42 Å². The van der Waals surface area contributed by atoms with Crippen molar-refractivity contribution in [1.82, 2.24) is 5.32 Å². The summed E-state index contributed by atoms with van der Waals surface area (Å²) in [4.78, 5) is 12.3. The van der Waals surface area contributed by atoms with Gasteiger partial charge in [-0.25, -0.2) is 0 Å². The van der Waals surface area contributed by atoms with Crippen LogP contribution in [-0.4, -0.2) is 34.9 Å². The van der Waals surface area contributed by atoms with Gasteiger partial charge in [-0.2, -0.15) is 0 Å². The largest absolute Gasteiger partial charge is 0.394 e. The number of rotatable bonds is 36. The first-order valence-corrected chi connectivity index (χ1v) is 20.4. The standard InChI is InChI=1S/C43H79NO3/c1-3-5-7-9-11-13-15-17-19-21-22-23-25-27-29-31-33-35-37-39-43(47)44-41(40-45)42(46)38-36-34-32-30-28-26-24-20-18-16-14-12-10-8-6-4-2/h11,13,17,19,28,30,36,38,41-42,45-46H,3-10,12,14-16,18,20-27,29,31-35,37,39-40H2,1-2H3,(H,44,47)/b13-11-,19-17-,30-28+,38-36+. The highest BCUT2D eigenvalue weighted by Crippen LogP contribution is 2.13. The van der Waals surface area contributed by atoms with Gasteiger partial charge < -0.3 is 15.5 Å². The fourth-order valence-electron chi connectivity index (χ4n) is 5.87. The molecule has 0 aliphatic rings. The number of aliphatic hydroxyl groups is 2. The molecular weight excluding hydrogens is 578 g/mol. The van der Waals surface area contributed by atoms with Crippen LogP contribution in [-0.2, 0) is 4.79 Å².